The van der Waals surface area contributed by atoms with Crippen molar-refractivity contribution in [1.29, 1.82) is 0 Å². The Morgan fingerprint density at radius 3 is 2.32 bits per heavy atom. The Labute approximate surface area is 218 Å². The Kier molecular flexibility index (Phi) is 6.27. The van der Waals surface area contributed by atoms with Crippen LogP contribution in [-0.2, 0) is 20.2 Å². The first-order chi connectivity index (χ1) is 17.9. The number of benzene rings is 3. The van der Waals surface area contributed by atoms with Gasteiger partial charge in [0, 0.05) is 26.8 Å². The molecule has 38 heavy (non-hydrogen) atoms. The van der Waals surface area contributed by atoms with Gasteiger partial charge in [0.1, 0.15) is 5.75 Å². The highest BCUT2D eigenvalue weighted by Gasteiger charge is 2.51. The number of hydrogen-bond acceptors (Lipinski definition) is 6. The van der Waals surface area contributed by atoms with Crippen molar-refractivity contribution in [3.05, 3.63) is 66.2 Å². The summed E-state index contributed by atoms with van der Waals surface area (Å²) in [4.78, 5) is 13.3. The van der Waals surface area contributed by atoms with Crippen LogP contribution in [0.1, 0.15) is 19.8 Å². The van der Waals surface area contributed by atoms with Crippen LogP contribution in [0.15, 0.2) is 65.6 Å². The predicted octanol–water partition coefficient (Wildman–Crippen LogP) is 5.15. The summed E-state index contributed by atoms with van der Waals surface area (Å²) in [7, 11) is -0.978. The third-order valence-corrected chi connectivity index (χ3v) is 8.35. The number of nitrogens with one attached hydrogen (secondary N) is 1. The first-order valence-electron chi connectivity index (χ1n) is 11.5. The van der Waals surface area contributed by atoms with Crippen molar-refractivity contribution < 1.29 is 42.0 Å². The van der Waals surface area contributed by atoms with E-state index < -0.39 is 27.6 Å². The number of hydrogen-bond donors (Lipinski definition) is 1. The zero-order chi connectivity index (χ0) is 27.3. The highest BCUT2D eigenvalue weighted by atomic mass is 32.2. The van der Waals surface area contributed by atoms with Gasteiger partial charge in [-0.05, 0) is 66.4 Å². The summed E-state index contributed by atoms with van der Waals surface area (Å²) >= 11 is 0. The second-order valence-electron chi connectivity index (χ2n) is 9.17. The minimum atomic E-state index is -4.95. The number of carbonyl (C=O) groups excluding carboxylic acids is 1. The summed E-state index contributed by atoms with van der Waals surface area (Å²) < 4.78 is 80.1. The van der Waals surface area contributed by atoms with Crippen LogP contribution in [0.25, 0.3) is 11.1 Å². The average Bonchev–Trinajstić information content (AvgIpc) is 3.55. The molecule has 1 aliphatic heterocycles. The van der Waals surface area contributed by atoms with Gasteiger partial charge < -0.3 is 19.5 Å². The van der Waals surface area contributed by atoms with E-state index in [1.807, 2.05) is 0 Å². The molecule has 1 saturated carbocycles. The van der Waals surface area contributed by atoms with Crippen LogP contribution in [-0.4, -0.2) is 45.9 Å². The lowest BCUT2D eigenvalue weighted by Crippen LogP contribution is -2.27. The zero-order valence-electron chi connectivity index (χ0n) is 20.3. The summed E-state index contributed by atoms with van der Waals surface area (Å²) in [6.45, 7) is 0.106. The van der Waals surface area contributed by atoms with Crippen LogP contribution < -0.4 is 19.5 Å². The molecule has 12 heteroatoms. The van der Waals surface area contributed by atoms with E-state index in [0.29, 0.717) is 24.3 Å². The SMILES string of the molecule is CN(C)S(=O)(=O)c1ccc(-c2cc(NC(=O)C3(c4ccc5c(c4)OCO5)CC3)ccc2OC(F)(F)F)cc1.[HH]. The molecule has 3 aromatic carbocycles. The highest BCUT2D eigenvalue weighted by Crippen LogP contribution is 2.51. The summed E-state index contributed by atoms with van der Waals surface area (Å²) in [5, 5.41) is 2.81. The van der Waals surface area contributed by atoms with Crippen LogP contribution in [0.4, 0.5) is 18.9 Å². The lowest BCUT2D eigenvalue weighted by Gasteiger charge is -2.19. The fourth-order valence-electron chi connectivity index (χ4n) is 4.28. The van der Waals surface area contributed by atoms with Crippen molar-refractivity contribution in [2.75, 3.05) is 26.2 Å². The predicted molar refractivity (Wildman–Crippen MR) is 134 cm³/mol. The molecule has 1 aliphatic carbocycles. The Hall–Kier alpha value is -3.77. The van der Waals surface area contributed by atoms with E-state index in [4.69, 9.17) is 9.47 Å². The highest BCUT2D eigenvalue weighted by molar-refractivity contribution is 7.89. The van der Waals surface area contributed by atoms with Gasteiger partial charge in [0.25, 0.3) is 0 Å². The van der Waals surface area contributed by atoms with Crippen molar-refractivity contribution in [3.8, 4) is 28.4 Å². The van der Waals surface area contributed by atoms with Crippen LogP contribution in [0, 0.1) is 0 Å². The quantitative estimate of drug-likeness (QED) is 0.438. The standard InChI is InChI=1S/C26H23F3N2O6S.H2/c1-31(2)38(33,34)19-7-3-16(4-8-19)20-14-18(6-10-21(20)37-26(27,28)29)30-24(32)25(11-12-25)17-5-9-22-23(13-17)36-15-35-22;/h3-10,13-14H,11-12,15H2,1-2H3,(H,30,32);1H. The van der Waals surface area contributed by atoms with Gasteiger partial charge in [0.15, 0.2) is 11.5 Å². The van der Waals surface area contributed by atoms with E-state index in [1.54, 1.807) is 18.2 Å². The van der Waals surface area contributed by atoms with Gasteiger partial charge in [-0.25, -0.2) is 12.7 Å². The Bertz CT molecular complexity index is 1510. The minimum absolute atomic E-state index is 0. The Morgan fingerprint density at radius 2 is 1.68 bits per heavy atom. The molecule has 8 nitrogen and oxygen atoms in total. The maximum absolute atomic E-state index is 13.3. The number of carbonyl (C=O) groups is 1. The molecule has 1 fully saturated rings. The second-order valence-corrected chi connectivity index (χ2v) is 11.3. The van der Waals surface area contributed by atoms with Crippen molar-refractivity contribution in [2.24, 2.45) is 0 Å². The molecule has 0 bridgehead atoms. The molecular weight excluding hydrogens is 525 g/mol. The number of fused-ring (bicyclic) bond motifs is 1. The Morgan fingerprint density at radius 1 is 1.00 bits per heavy atom. The number of halogens is 3. The first kappa shape index (κ1) is 25.9. The lowest BCUT2D eigenvalue weighted by atomic mass is 9.94. The van der Waals surface area contributed by atoms with E-state index >= 15 is 0 Å². The Balaban J connectivity index is 0.00000353. The third kappa shape index (κ3) is 4.88. The van der Waals surface area contributed by atoms with E-state index in [1.165, 1.54) is 50.5 Å². The number of amides is 1. The number of rotatable bonds is 7. The second kappa shape index (κ2) is 9.21. The van der Waals surface area contributed by atoms with Gasteiger partial charge in [-0.15, -0.1) is 13.2 Å². The van der Waals surface area contributed by atoms with Gasteiger partial charge in [-0.1, -0.05) is 18.2 Å². The summed E-state index contributed by atoms with van der Waals surface area (Å²) in [5.41, 5.74) is 0.535. The van der Waals surface area contributed by atoms with E-state index in [2.05, 4.69) is 10.1 Å². The molecule has 0 radical (unpaired) electrons. The molecule has 0 aromatic heterocycles. The van der Waals surface area contributed by atoms with Gasteiger partial charge in [0.2, 0.25) is 22.7 Å². The number of nitrogens with zero attached hydrogens (tertiary/aromatic N) is 1. The summed E-state index contributed by atoms with van der Waals surface area (Å²) in [5.74, 6) is 0.353. The lowest BCUT2D eigenvalue weighted by molar-refractivity contribution is -0.274. The molecule has 0 unspecified atom stereocenters. The number of anilines is 1. The summed E-state index contributed by atoms with van der Waals surface area (Å²) in [6.07, 6.45) is -3.75. The maximum Gasteiger partial charge on any atom is 0.573 e. The van der Waals surface area contributed by atoms with Crippen molar-refractivity contribution in [3.63, 3.8) is 0 Å². The molecule has 1 amide bonds. The molecule has 0 spiro atoms. The van der Waals surface area contributed by atoms with Crippen LogP contribution in [0.3, 0.4) is 0 Å². The van der Waals surface area contributed by atoms with Crippen molar-refractivity contribution >= 4 is 21.6 Å². The molecule has 0 saturated heterocycles. The molecule has 1 heterocycles. The van der Waals surface area contributed by atoms with Crippen LogP contribution in [0.2, 0.25) is 0 Å². The molecule has 1 N–H and O–H groups in total. The van der Waals surface area contributed by atoms with Crippen molar-refractivity contribution in [1.82, 2.24) is 4.31 Å². The smallest absolute Gasteiger partial charge is 0.454 e. The summed E-state index contributed by atoms with van der Waals surface area (Å²) in [6, 6.07) is 14.5. The fraction of sp³-hybridized carbons (Fsp3) is 0.269. The monoisotopic (exact) mass is 550 g/mol. The number of alkyl halides is 3. The van der Waals surface area contributed by atoms with Gasteiger partial charge in [-0.2, -0.15) is 0 Å². The third-order valence-electron chi connectivity index (χ3n) is 6.52. The molecule has 3 aromatic rings. The molecule has 202 valence electrons. The molecule has 2 aliphatic rings. The zero-order valence-corrected chi connectivity index (χ0v) is 21.2. The fourth-order valence-corrected chi connectivity index (χ4v) is 5.18. The topological polar surface area (TPSA) is 94.2 Å². The van der Waals surface area contributed by atoms with Gasteiger partial charge in [0.05, 0.1) is 10.3 Å². The molecule has 0 atom stereocenters. The van der Waals surface area contributed by atoms with Crippen molar-refractivity contribution in [2.45, 2.75) is 29.5 Å². The molecule has 5 rings (SSSR count). The maximum atomic E-state index is 13.3. The first-order valence-corrected chi connectivity index (χ1v) is 13.0. The van der Waals surface area contributed by atoms with E-state index in [0.717, 1.165) is 15.9 Å². The van der Waals surface area contributed by atoms with Crippen LogP contribution >= 0.6 is 0 Å². The molecular formula is C26H25F3N2O6S. The van der Waals surface area contributed by atoms with E-state index in [9.17, 15) is 26.4 Å². The van der Waals surface area contributed by atoms with Crippen LogP contribution in [0.5, 0.6) is 17.2 Å². The van der Waals surface area contributed by atoms with E-state index in [-0.39, 0.29) is 35.8 Å². The number of sulfonamides is 1. The van der Waals surface area contributed by atoms with Gasteiger partial charge >= 0.3 is 6.36 Å². The average molecular weight is 551 g/mol. The normalized spacial score (nSPS) is 15.8. The van der Waals surface area contributed by atoms with Gasteiger partial charge in [-0.3, -0.25) is 4.79 Å². The minimum Gasteiger partial charge on any atom is -0.454 e. The largest absolute Gasteiger partial charge is 0.573 e. The number of ether oxygens (including phenoxy) is 3.